The van der Waals surface area contributed by atoms with Gasteiger partial charge < -0.3 is 5.32 Å². The molecular weight excluding hydrogens is 1180 g/mol. The Morgan fingerprint density at radius 2 is 0.593 bits per heavy atom. The van der Waals surface area contributed by atoms with Gasteiger partial charge in [-0.05, 0) is 36.8 Å². The molecule has 29 heteroatoms. The van der Waals surface area contributed by atoms with E-state index in [1.165, 1.54) is 12.1 Å². The van der Waals surface area contributed by atoms with Gasteiger partial charge in [-0.25, -0.2) is 114 Å². The number of fused-ring (bicyclic) bond motifs is 4. The normalized spacial score (nSPS) is 18.7. The Morgan fingerprint density at radius 1 is 0.333 bits per heavy atom. The highest BCUT2D eigenvalue weighted by Gasteiger charge is 2.68. The average Bonchev–Trinajstić information content (AvgIpc) is 2.57. The van der Waals surface area contributed by atoms with Crippen molar-refractivity contribution in [3.8, 4) is 11.1 Å². The van der Waals surface area contributed by atoms with Crippen molar-refractivity contribution in [2.24, 2.45) is 0 Å². The number of alkyl halides is 1. The number of benzene rings is 6. The van der Waals surface area contributed by atoms with Gasteiger partial charge >= 0.3 is 0 Å². The second-order valence-corrected chi connectivity index (χ2v) is 23.1. The molecule has 0 amide bonds. The molecule has 4 aliphatic carbocycles. The van der Waals surface area contributed by atoms with E-state index in [2.05, 4.69) is 0 Å². The molecule has 4 aliphatic rings. The summed E-state index contributed by atoms with van der Waals surface area (Å²) in [4.78, 5) is 0. The summed E-state index contributed by atoms with van der Waals surface area (Å²) in [6.45, 7) is 2.68. The molecule has 0 saturated heterocycles. The van der Waals surface area contributed by atoms with Crippen molar-refractivity contribution in [3.05, 3.63) is 221 Å². The predicted molar refractivity (Wildman–Crippen MR) is 233 cm³/mol. The first-order chi connectivity index (χ1) is 38.0. The zero-order valence-electron chi connectivity index (χ0n) is 39.4. The molecular formula is C52H23AlF27N. The lowest BCUT2D eigenvalue weighted by molar-refractivity contribution is -0.673. The Balaban J connectivity index is 0.000000297. The summed E-state index contributed by atoms with van der Waals surface area (Å²) in [6, 6.07) is 2.83. The van der Waals surface area contributed by atoms with Crippen LogP contribution in [0.15, 0.2) is 71.8 Å². The van der Waals surface area contributed by atoms with E-state index in [-0.39, 0.29) is 31.1 Å². The van der Waals surface area contributed by atoms with Crippen molar-refractivity contribution in [2.75, 3.05) is 13.3 Å². The van der Waals surface area contributed by atoms with Crippen molar-refractivity contribution < 1.29 is 124 Å². The van der Waals surface area contributed by atoms with Crippen LogP contribution >= 0.6 is 0 Å². The monoisotopic (exact) mass is 1200 g/mol. The maximum absolute atomic E-state index is 17.0. The van der Waals surface area contributed by atoms with Crippen LogP contribution in [0.5, 0.6) is 0 Å². The molecule has 1 nitrogen and oxygen atoms in total. The smallest absolute Gasteiger partial charge is 0.219 e. The van der Waals surface area contributed by atoms with Crippen LogP contribution in [0.1, 0.15) is 77.0 Å². The predicted octanol–water partition coefficient (Wildman–Crippen LogP) is 17.0. The third-order valence-electron chi connectivity index (χ3n) is 14.2. The van der Waals surface area contributed by atoms with Crippen molar-refractivity contribution in [2.45, 2.75) is 32.5 Å². The summed E-state index contributed by atoms with van der Waals surface area (Å²) in [5, 5.41) is 1.64. The molecule has 4 atom stereocenters. The van der Waals surface area contributed by atoms with Crippen LogP contribution < -0.4 is 5.32 Å². The van der Waals surface area contributed by atoms with Gasteiger partial charge in [0.05, 0.1) is 34.4 Å². The Bertz CT molecular complexity index is 3400. The van der Waals surface area contributed by atoms with E-state index in [4.69, 9.17) is 0 Å². The van der Waals surface area contributed by atoms with E-state index in [9.17, 15) is 48.3 Å². The van der Waals surface area contributed by atoms with Crippen LogP contribution in [0.4, 0.5) is 119 Å². The Labute approximate surface area is 437 Å². The molecule has 0 spiro atoms. The van der Waals surface area contributed by atoms with Gasteiger partial charge in [-0.2, -0.15) is 4.39 Å². The lowest BCUT2D eigenvalue weighted by Crippen LogP contribution is -2.83. The Hall–Kier alpha value is -7.12. The first-order valence-corrected chi connectivity index (χ1v) is 25.4. The minimum absolute atomic E-state index is 0.270. The van der Waals surface area contributed by atoms with Gasteiger partial charge in [-0.3, -0.25) is 0 Å². The third kappa shape index (κ3) is 8.90. The highest BCUT2D eigenvalue weighted by atomic mass is 27.2. The molecule has 81 heavy (non-hydrogen) atoms. The van der Waals surface area contributed by atoms with Crippen molar-refractivity contribution in [1.29, 1.82) is 0 Å². The zero-order chi connectivity index (χ0) is 60.1. The first-order valence-electron chi connectivity index (χ1n) is 22.7. The summed E-state index contributed by atoms with van der Waals surface area (Å²) in [6.07, 6.45) is 1.06. The summed E-state index contributed by atoms with van der Waals surface area (Å²) in [5.74, 6) is -64.4. The number of nitrogens with two attached hydrogens (primary N) is 1. The highest BCUT2D eigenvalue weighted by molar-refractivity contribution is 6.88. The molecule has 0 fully saturated rings. The summed E-state index contributed by atoms with van der Waals surface area (Å²) in [7, 11) is 0. The maximum atomic E-state index is 17.0. The Morgan fingerprint density at radius 3 is 0.840 bits per heavy atom. The fraction of sp³-hybridized carbons (Fsp3) is 0.154. The molecule has 2 N–H and O–H groups in total. The number of quaternary nitrogens is 1. The van der Waals surface area contributed by atoms with Crippen LogP contribution in [0.2, 0.25) is 0 Å². The molecule has 0 radical (unpaired) electrons. The summed E-state index contributed by atoms with van der Waals surface area (Å²) < 4.78 is 388. The van der Waals surface area contributed by atoms with Crippen LogP contribution in [-0.2, 0) is 0 Å². The topological polar surface area (TPSA) is 16.6 Å². The van der Waals surface area contributed by atoms with E-state index in [0.29, 0.717) is 0 Å². The second kappa shape index (κ2) is 22.0. The van der Waals surface area contributed by atoms with Gasteiger partial charge in [0.15, 0.2) is 116 Å². The molecule has 4 unspecified atom stereocenters. The lowest BCUT2D eigenvalue weighted by atomic mass is 10.0. The quantitative estimate of drug-likeness (QED) is 0.0391. The zero-order valence-corrected chi connectivity index (χ0v) is 40.6. The number of hydrogen-bond acceptors (Lipinski definition) is 0. The molecule has 0 saturated carbocycles. The van der Waals surface area contributed by atoms with Gasteiger partial charge in [0.25, 0.3) is 0 Å². The fourth-order valence-corrected chi connectivity index (χ4v) is 19.6. The molecule has 6 aromatic carbocycles. The standard InChI is InChI=1S/C12H4F6.4C9H2F5.C4H10FN.Al/c13-6-4-2-1-3-5(6)7-8(14)10(16)12(18)11(17)9(7)15;4*10-4-1-3-2-5(11)8(13)9(14)6(3)7(4)12;1-2-3-6-4-5;/h1-4H;4*1-2H;6H,2-4H2,1H3;/q;;;;;;-1/p+1. The summed E-state index contributed by atoms with van der Waals surface area (Å²) in [5.41, 5.74) is -17.2. The van der Waals surface area contributed by atoms with Crippen LogP contribution in [0.25, 0.3) is 34.4 Å². The minimum Gasteiger partial charge on any atom is -0.320 e. The average molecular weight is 1200 g/mol. The molecule has 6 aromatic rings. The number of rotatable bonds is 8. The minimum atomic E-state index is -7.79. The SMILES string of the molecule is CCC[NH2+]CF.FC1=C(F)[CH]([Al-]([CH]2C(F)=C(F)c3c2cc(F)c(F)c3F)([CH]2C(F)=C(F)c3c2cc(F)c(F)c3F)[CH]2C(F)=C(F)c3c2cc(F)c(F)c3F)c2cc(F)c(F)c(F)c21.Fc1ccccc1-c1c(F)c(F)c(F)c(F)c1F. The maximum Gasteiger partial charge on any atom is 0.219 e. The van der Waals surface area contributed by atoms with E-state index >= 15 is 70.2 Å². The fourth-order valence-electron chi connectivity index (χ4n) is 11.1. The largest absolute Gasteiger partial charge is 0.320 e. The van der Waals surface area contributed by atoms with E-state index in [0.717, 1.165) is 25.1 Å². The summed E-state index contributed by atoms with van der Waals surface area (Å²) >= 11 is -7.79. The van der Waals surface area contributed by atoms with E-state index in [1.54, 1.807) is 5.32 Å². The van der Waals surface area contributed by atoms with Crippen molar-refractivity contribution in [1.82, 2.24) is 0 Å². The molecule has 0 bridgehead atoms. The van der Waals surface area contributed by atoms with E-state index < -0.39 is 239 Å². The van der Waals surface area contributed by atoms with Gasteiger partial charge in [0.1, 0.15) is 29.1 Å². The first kappa shape index (κ1) is 60.0. The highest BCUT2D eigenvalue weighted by Crippen LogP contribution is 2.71. The third-order valence-corrected chi connectivity index (χ3v) is 21.4. The van der Waals surface area contributed by atoms with E-state index in [1.807, 2.05) is 6.92 Å². The van der Waals surface area contributed by atoms with Gasteiger partial charge in [-0.15, -0.1) is 0 Å². The molecule has 428 valence electrons. The van der Waals surface area contributed by atoms with Crippen LogP contribution in [-0.4, -0.2) is 26.4 Å². The number of halogens is 27. The van der Waals surface area contributed by atoms with Gasteiger partial charge in [0.2, 0.25) is 25.7 Å². The van der Waals surface area contributed by atoms with Crippen molar-refractivity contribution >= 4 is 36.4 Å². The van der Waals surface area contributed by atoms with Gasteiger partial charge in [0, 0.05) is 5.56 Å². The number of hydrogen-bond donors (Lipinski definition) is 1. The molecule has 0 aromatic heterocycles. The molecule has 0 heterocycles. The number of allylic oxidation sites excluding steroid dienone is 4. The molecule has 10 rings (SSSR count). The van der Waals surface area contributed by atoms with Crippen LogP contribution in [0, 0.1) is 105 Å². The Kier molecular flexibility index (Phi) is 16.3. The van der Waals surface area contributed by atoms with Crippen molar-refractivity contribution in [3.63, 3.8) is 0 Å². The van der Waals surface area contributed by atoms with Crippen LogP contribution in [0.3, 0.4) is 0 Å². The lowest BCUT2D eigenvalue weighted by Gasteiger charge is -2.54. The second-order valence-electron chi connectivity index (χ2n) is 18.2. The van der Waals surface area contributed by atoms with Gasteiger partial charge in [-0.1, -0.05) is 66.5 Å². The molecule has 0 aliphatic heterocycles.